The summed E-state index contributed by atoms with van der Waals surface area (Å²) in [6, 6.07) is 26.6. The minimum absolute atomic E-state index is 0.0302. The largest absolute Gasteiger partial charge is 0.354 e. The highest BCUT2D eigenvalue weighted by Crippen LogP contribution is 2.37. The van der Waals surface area contributed by atoms with Crippen LogP contribution in [-0.2, 0) is 22.6 Å². The van der Waals surface area contributed by atoms with Gasteiger partial charge in [-0.25, -0.2) is 4.39 Å². The number of hydrogen-bond donors (Lipinski definition) is 1. The van der Waals surface area contributed by atoms with Crippen LogP contribution in [0.15, 0.2) is 91.0 Å². The van der Waals surface area contributed by atoms with Crippen LogP contribution in [0.25, 0.3) is 10.8 Å². The Hall–Kier alpha value is -4.52. The van der Waals surface area contributed by atoms with Crippen LogP contribution in [0.5, 0.6) is 0 Å². The molecule has 0 radical (unpaired) electrons. The van der Waals surface area contributed by atoms with E-state index < -0.39 is 11.9 Å². The van der Waals surface area contributed by atoms with Gasteiger partial charge in [0.15, 0.2) is 0 Å². The van der Waals surface area contributed by atoms with E-state index in [0.29, 0.717) is 37.1 Å². The highest BCUT2D eigenvalue weighted by atomic mass is 19.1. The summed E-state index contributed by atoms with van der Waals surface area (Å²) in [5.74, 6) is -1.01. The molecule has 7 heteroatoms. The molecule has 0 aliphatic carbocycles. The third-order valence-electron chi connectivity index (χ3n) is 7.82. The Morgan fingerprint density at radius 2 is 1.64 bits per heavy atom. The second-order valence-corrected chi connectivity index (χ2v) is 10.7. The molecular weight excluding hydrogens is 529 g/mol. The van der Waals surface area contributed by atoms with E-state index in [4.69, 9.17) is 0 Å². The van der Waals surface area contributed by atoms with Gasteiger partial charge in [-0.3, -0.25) is 14.4 Å². The number of amides is 3. The quantitative estimate of drug-likeness (QED) is 0.194. The highest BCUT2D eigenvalue weighted by molar-refractivity contribution is 6.25. The fraction of sp³-hybridized carbons (Fsp3) is 0.286. The van der Waals surface area contributed by atoms with Crippen molar-refractivity contribution in [1.29, 1.82) is 0 Å². The number of rotatable bonds is 13. The first-order valence-corrected chi connectivity index (χ1v) is 14.7. The molecule has 3 amide bonds. The molecule has 0 bridgehead atoms. The average molecular weight is 566 g/mol. The Balaban J connectivity index is 1.37. The second-order valence-electron chi connectivity index (χ2n) is 10.7. The third-order valence-corrected chi connectivity index (χ3v) is 7.82. The molecule has 1 N–H and O–H groups in total. The van der Waals surface area contributed by atoms with Crippen molar-refractivity contribution in [2.24, 2.45) is 0 Å². The van der Waals surface area contributed by atoms with Gasteiger partial charge in [-0.2, -0.15) is 0 Å². The lowest BCUT2D eigenvalue weighted by Gasteiger charge is -2.32. The maximum Gasteiger partial charge on any atom is 0.258 e. The van der Waals surface area contributed by atoms with Crippen LogP contribution in [0.2, 0.25) is 0 Å². The van der Waals surface area contributed by atoms with Crippen molar-refractivity contribution >= 4 is 34.2 Å². The average Bonchev–Trinajstić information content (AvgIpc) is 3.28. The van der Waals surface area contributed by atoms with Crippen LogP contribution >= 0.6 is 0 Å². The van der Waals surface area contributed by atoms with Gasteiger partial charge in [0.25, 0.3) is 5.91 Å². The van der Waals surface area contributed by atoms with E-state index in [0.717, 1.165) is 34.9 Å². The molecule has 0 saturated carbocycles. The molecule has 4 aromatic carbocycles. The number of carbonyl (C=O) groups excluding carboxylic acids is 3. The normalized spacial score (nSPS) is 12.9. The van der Waals surface area contributed by atoms with Crippen molar-refractivity contribution in [2.45, 2.75) is 51.6 Å². The number of unbranched alkanes of at least 4 members (excludes halogenated alkanes) is 1. The van der Waals surface area contributed by atoms with E-state index >= 15 is 0 Å². The molecule has 1 heterocycles. The van der Waals surface area contributed by atoms with E-state index in [1.54, 1.807) is 23.1 Å². The zero-order valence-electron chi connectivity index (χ0n) is 23.9. The predicted molar refractivity (Wildman–Crippen MR) is 164 cm³/mol. The molecule has 216 valence electrons. The molecule has 0 spiro atoms. The molecule has 6 nitrogen and oxygen atoms in total. The number of nitrogens with zero attached hydrogens (tertiary/aromatic N) is 2. The molecule has 0 fully saturated rings. The third kappa shape index (κ3) is 6.35. The second kappa shape index (κ2) is 13.4. The first kappa shape index (κ1) is 29.0. The molecule has 0 aromatic heterocycles. The van der Waals surface area contributed by atoms with E-state index in [-0.39, 0.29) is 30.7 Å². The lowest BCUT2D eigenvalue weighted by molar-refractivity contribution is -0.141. The van der Waals surface area contributed by atoms with E-state index in [9.17, 15) is 18.8 Å². The van der Waals surface area contributed by atoms with Crippen molar-refractivity contribution in [1.82, 2.24) is 10.2 Å². The standard InChI is InChI=1S/C35H36FN3O3/c1-2-3-21-37-34(41)31(23-25-12-5-4-6-13-25)39(24-27-14-7-8-18-29(27)36)32(40)20-11-22-38-30-19-10-16-26-15-9-17-28(33(26)30)35(38)42/h4-10,12-19,31H,2-3,11,20-24H2,1H3,(H,37,41)/t31-/m0/s1. The van der Waals surface area contributed by atoms with E-state index in [1.165, 1.54) is 11.0 Å². The van der Waals surface area contributed by atoms with Crippen LogP contribution in [0, 0.1) is 5.82 Å². The van der Waals surface area contributed by atoms with Gasteiger partial charge in [-0.15, -0.1) is 0 Å². The summed E-state index contributed by atoms with van der Waals surface area (Å²) in [6.07, 6.45) is 2.57. The molecule has 1 atom stereocenters. The highest BCUT2D eigenvalue weighted by Gasteiger charge is 2.32. The molecule has 0 saturated heterocycles. The molecular formula is C35H36FN3O3. The lowest BCUT2D eigenvalue weighted by Crippen LogP contribution is -2.50. The summed E-state index contributed by atoms with van der Waals surface area (Å²) in [6.45, 7) is 2.88. The van der Waals surface area contributed by atoms with Gasteiger partial charge in [-0.1, -0.05) is 86.1 Å². The number of carbonyl (C=O) groups is 3. The molecule has 5 rings (SSSR count). The number of anilines is 1. The monoisotopic (exact) mass is 565 g/mol. The summed E-state index contributed by atoms with van der Waals surface area (Å²) in [5.41, 5.74) is 2.78. The molecule has 0 unspecified atom stereocenters. The topological polar surface area (TPSA) is 69.7 Å². The molecule has 4 aromatic rings. The van der Waals surface area contributed by atoms with Crippen molar-refractivity contribution in [3.8, 4) is 0 Å². The van der Waals surface area contributed by atoms with Gasteiger partial charge in [0.2, 0.25) is 11.8 Å². The number of nitrogens with one attached hydrogen (secondary N) is 1. The van der Waals surface area contributed by atoms with E-state index in [1.807, 2.05) is 73.7 Å². The summed E-state index contributed by atoms with van der Waals surface area (Å²) >= 11 is 0. The maximum atomic E-state index is 14.8. The minimum atomic E-state index is -0.817. The van der Waals surface area contributed by atoms with Gasteiger partial charge in [-0.05, 0) is 42.0 Å². The molecule has 1 aliphatic heterocycles. The fourth-order valence-electron chi connectivity index (χ4n) is 5.60. The van der Waals surface area contributed by atoms with Crippen LogP contribution < -0.4 is 10.2 Å². The smallest absolute Gasteiger partial charge is 0.258 e. The summed E-state index contributed by atoms with van der Waals surface area (Å²) in [7, 11) is 0. The Labute approximate surface area is 246 Å². The van der Waals surface area contributed by atoms with Crippen LogP contribution in [0.4, 0.5) is 10.1 Å². The van der Waals surface area contributed by atoms with Crippen molar-refractivity contribution in [2.75, 3.05) is 18.0 Å². The number of halogens is 1. The Bertz CT molecular complexity index is 1570. The zero-order chi connectivity index (χ0) is 29.5. The summed E-state index contributed by atoms with van der Waals surface area (Å²) in [4.78, 5) is 43.9. The molecule has 1 aliphatic rings. The Kier molecular flexibility index (Phi) is 9.27. The Morgan fingerprint density at radius 3 is 2.40 bits per heavy atom. The Morgan fingerprint density at radius 1 is 0.905 bits per heavy atom. The SMILES string of the molecule is CCCCNC(=O)[C@H](Cc1ccccc1)N(Cc1ccccc1F)C(=O)CCCN1C(=O)c2cccc3cccc1c23. The van der Waals surface area contributed by atoms with Crippen LogP contribution in [0.1, 0.15) is 54.1 Å². The van der Waals surface area contributed by atoms with Crippen LogP contribution in [0.3, 0.4) is 0 Å². The number of benzene rings is 4. The zero-order valence-corrected chi connectivity index (χ0v) is 23.9. The van der Waals surface area contributed by atoms with Crippen molar-refractivity contribution in [3.05, 3.63) is 114 Å². The molecule has 42 heavy (non-hydrogen) atoms. The predicted octanol–water partition coefficient (Wildman–Crippen LogP) is 6.28. The fourth-order valence-corrected chi connectivity index (χ4v) is 5.60. The van der Waals surface area contributed by atoms with Crippen LogP contribution in [-0.4, -0.2) is 41.8 Å². The maximum absolute atomic E-state index is 14.8. The summed E-state index contributed by atoms with van der Waals surface area (Å²) < 4.78 is 14.8. The van der Waals surface area contributed by atoms with Crippen molar-refractivity contribution in [3.63, 3.8) is 0 Å². The first-order valence-electron chi connectivity index (χ1n) is 14.7. The van der Waals surface area contributed by atoms with Crippen molar-refractivity contribution < 1.29 is 18.8 Å². The van der Waals surface area contributed by atoms with Gasteiger partial charge in [0.1, 0.15) is 11.9 Å². The van der Waals surface area contributed by atoms with Gasteiger partial charge >= 0.3 is 0 Å². The number of hydrogen-bond acceptors (Lipinski definition) is 3. The summed E-state index contributed by atoms with van der Waals surface area (Å²) in [5, 5.41) is 4.93. The van der Waals surface area contributed by atoms with E-state index in [2.05, 4.69) is 5.32 Å². The van der Waals surface area contributed by atoms with Gasteiger partial charge in [0, 0.05) is 49.0 Å². The first-order chi connectivity index (χ1) is 20.5. The lowest BCUT2D eigenvalue weighted by atomic mass is 10.0. The van der Waals surface area contributed by atoms with Gasteiger partial charge < -0.3 is 15.1 Å². The minimum Gasteiger partial charge on any atom is -0.354 e. The van der Waals surface area contributed by atoms with Gasteiger partial charge in [0.05, 0.1) is 5.69 Å².